The van der Waals surface area contributed by atoms with Crippen molar-refractivity contribution in [2.45, 2.75) is 0 Å². The van der Waals surface area contributed by atoms with Gasteiger partial charge in [-0.1, -0.05) is 0 Å². The average molecular weight is 294 g/mol. The van der Waals surface area contributed by atoms with Crippen molar-refractivity contribution in [3.63, 3.8) is 0 Å². The average Bonchev–Trinajstić information content (AvgIpc) is 3.27. The number of oxazole rings is 1. The van der Waals surface area contributed by atoms with Crippen LogP contribution in [0, 0.1) is 0 Å². The molecule has 0 aliphatic rings. The molecule has 0 saturated carbocycles. The molecule has 0 radical (unpaired) electrons. The highest BCUT2D eigenvalue weighted by Crippen LogP contribution is 2.18. The Morgan fingerprint density at radius 3 is 3.00 bits per heavy atom. The van der Waals surface area contributed by atoms with Crippen LogP contribution in [0.25, 0.3) is 17.1 Å². The van der Waals surface area contributed by atoms with E-state index < -0.39 is 0 Å². The second-order valence-corrected chi connectivity index (χ2v) is 4.56. The van der Waals surface area contributed by atoms with Crippen LogP contribution in [0.2, 0.25) is 0 Å². The molecule has 0 saturated heterocycles. The number of aromatic amines is 1. The summed E-state index contributed by atoms with van der Waals surface area (Å²) < 4.78 is 7.01. The van der Waals surface area contributed by atoms with Gasteiger partial charge in [0.2, 0.25) is 5.89 Å². The first-order valence-corrected chi connectivity index (χ1v) is 6.49. The molecular weight excluding hydrogens is 284 g/mol. The van der Waals surface area contributed by atoms with Gasteiger partial charge in [0.05, 0.1) is 11.8 Å². The maximum atomic E-state index is 12.1. The normalized spacial score (nSPS) is 10.9. The molecule has 4 aromatic rings. The molecule has 0 aliphatic heterocycles. The molecule has 0 bridgehead atoms. The summed E-state index contributed by atoms with van der Waals surface area (Å²) in [6.45, 7) is 0. The van der Waals surface area contributed by atoms with E-state index in [1.807, 2.05) is 6.07 Å². The highest BCUT2D eigenvalue weighted by molar-refractivity contribution is 6.02. The summed E-state index contributed by atoms with van der Waals surface area (Å²) in [6, 6.07) is 5.29. The van der Waals surface area contributed by atoms with E-state index in [0.29, 0.717) is 23.0 Å². The molecule has 0 aliphatic carbocycles. The van der Waals surface area contributed by atoms with Crippen molar-refractivity contribution in [1.82, 2.24) is 24.6 Å². The molecule has 0 spiro atoms. The molecule has 22 heavy (non-hydrogen) atoms. The number of anilines is 1. The third-order valence-electron chi connectivity index (χ3n) is 3.11. The second-order valence-electron chi connectivity index (χ2n) is 4.56. The van der Waals surface area contributed by atoms with Crippen molar-refractivity contribution in [3.8, 4) is 11.5 Å². The zero-order valence-corrected chi connectivity index (χ0v) is 11.2. The number of aromatic nitrogens is 5. The Bertz CT molecular complexity index is 924. The van der Waals surface area contributed by atoms with Crippen LogP contribution in [0.1, 0.15) is 10.5 Å². The highest BCUT2D eigenvalue weighted by Gasteiger charge is 2.13. The molecular formula is C14H10N6O2. The fraction of sp³-hybridized carbons (Fsp3) is 0. The van der Waals surface area contributed by atoms with Gasteiger partial charge in [0, 0.05) is 24.7 Å². The summed E-state index contributed by atoms with van der Waals surface area (Å²) in [5, 5.41) is 9.15. The van der Waals surface area contributed by atoms with Gasteiger partial charge >= 0.3 is 0 Å². The van der Waals surface area contributed by atoms with Crippen molar-refractivity contribution in [2.24, 2.45) is 0 Å². The predicted molar refractivity (Wildman–Crippen MR) is 77.2 cm³/mol. The van der Waals surface area contributed by atoms with Crippen LogP contribution in [0.4, 0.5) is 5.82 Å². The van der Waals surface area contributed by atoms with Gasteiger partial charge in [-0.25, -0.2) is 9.97 Å². The van der Waals surface area contributed by atoms with Crippen LogP contribution in [0.3, 0.4) is 0 Å². The quantitative estimate of drug-likeness (QED) is 0.601. The number of hydrogen-bond acceptors (Lipinski definition) is 5. The van der Waals surface area contributed by atoms with Gasteiger partial charge in [-0.2, -0.15) is 5.10 Å². The van der Waals surface area contributed by atoms with Gasteiger partial charge in [0.15, 0.2) is 5.82 Å². The van der Waals surface area contributed by atoms with Gasteiger partial charge < -0.3 is 14.1 Å². The minimum Gasteiger partial charge on any atom is -0.444 e. The molecule has 108 valence electrons. The number of rotatable bonds is 3. The van der Waals surface area contributed by atoms with E-state index in [4.69, 9.17) is 4.42 Å². The fourth-order valence-corrected chi connectivity index (χ4v) is 2.10. The minimum absolute atomic E-state index is 0.299. The van der Waals surface area contributed by atoms with Crippen molar-refractivity contribution in [3.05, 3.63) is 54.9 Å². The zero-order chi connectivity index (χ0) is 14.9. The Balaban J connectivity index is 1.67. The van der Waals surface area contributed by atoms with Crippen LogP contribution < -0.4 is 5.32 Å². The number of imidazole rings is 1. The number of nitrogens with one attached hydrogen (secondary N) is 2. The van der Waals surface area contributed by atoms with Crippen LogP contribution in [0.5, 0.6) is 0 Å². The maximum Gasteiger partial charge on any atom is 0.277 e. The smallest absolute Gasteiger partial charge is 0.277 e. The number of nitrogens with zero attached hydrogens (tertiary/aromatic N) is 4. The summed E-state index contributed by atoms with van der Waals surface area (Å²) in [7, 11) is 0. The van der Waals surface area contributed by atoms with E-state index in [0.717, 1.165) is 5.56 Å². The Kier molecular flexibility index (Phi) is 2.72. The Labute approximate surface area is 123 Å². The van der Waals surface area contributed by atoms with Gasteiger partial charge in [0.25, 0.3) is 5.91 Å². The highest BCUT2D eigenvalue weighted by atomic mass is 16.3. The maximum absolute atomic E-state index is 12.1. The lowest BCUT2D eigenvalue weighted by molar-refractivity contribution is 0.102. The number of amides is 1. The number of carbonyl (C=O) groups is 1. The largest absolute Gasteiger partial charge is 0.444 e. The lowest BCUT2D eigenvalue weighted by Crippen LogP contribution is -2.12. The monoisotopic (exact) mass is 294 g/mol. The minimum atomic E-state index is -0.325. The van der Waals surface area contributed by atoms with Crippen molar-refractivity contribution in [1.29, 1.82) is 0 Å². The lowest BCUT2D eigenvalue weighted by Gasteiger charge is -1.97. The van der Waals surface area contributed by atoms with E-state index in [1.165, 1.54) is 6.26 Å². The second kappa shape index (κ2) is 4.85. The summed E-state index contributed by atoms with van der Waals surface area (Å²) in [5.74, 6) is 0.633. The Morgan fingerprint density at radius 1 is 1.27 bits per heavy atom. The Morgan fingerprint density at radius 2 is 2.23 bits per heavy atom. The van der Waals surface area contributed by atoms with Crippen LogP contribution >= 0.6 is 0 Å². The van der Waals surface area contributed by atoms with Crippen molar-refractivity contribution in [2.75, 3.05) is 5.32 Å². The van der Waals surface area contributed by atoms with Gasteiger partial charge in [-0.15, -0.1) is 0 Å². The lowest BCUT2D eigenvalue weighted by atomic mass is 10.3. The van der Waals surface area contributed by atoms with Crippen molar-refractivity contribution < 1.29 is 9.21 Å². The third kappa shape index (κ3) is 2.12. The topological polar surface area (TPSA) is 101 Å². The van der Waals surface area contributed by atoms with Crippen LogP contribution in [-0.4, -0.2) is 30.5 Å². The number of pyridine rings is 1. The molecule has 8 heteroatoms. The first-order valence-electron chi connectivity index (χ1n) is 6.49. The summed E-state index contributed by atoms with van der Waals surface area (Å²) in [5.41, 5.74) is 1.75. The van der Waals surface area contributed by atoms with E-state index in [-0.39, 0.29) is 5.91 Å². The third-order valence-corrected chi connectivity index (χ3v) is 3.11. The fourth-order valence-electron chi connectivity index (χ4n) is 2.10. The van der Waals surface area contributed by atoms with E-state index in [9.17, 15) is 4.79 Å². The molecule has 0 fully saturated rings. The molecule has 0 aromatic carbocycles. The van der Waals surface area contributed by atoms with Crippen molar-refractivity contribution >= 4 is 17.4 Å². The molecule has 4 heterocycles. The summed E-state index contributed by atoms with van der Waals surface area (Å²) in [6.07, 6.45) is 8.16. The molecule has 1 amide bonds. The number of H-pyrrole nitrogens is 1. The predicted octanol–water partition coefficient (Wildman–Crippen LogP) is 1.96. The number of fused-ring (bicyclic) bond motifs is 1. The molecule has 8 nitrogen and oxygen atoms in total. The van der Waals surface area contributed by atoms with Gasteiger partial charge in [-0.3, -0.25) is 9.89 Å². The number of carbonyl (C=O) groups excluding carboxylic acids is 1. The standard InChI is InChI=1S/C14H10N6O2/c21-13(18-11-3-4-16-19-11)10-8-20-7-9(1-2-12(20)17-10)14-15-5-6-22-14/h1-8H,(H2,16,18,19,21). The van der Waals surface area contributed by atoms with E-state index >= 15 is 0 Å². The summed E-state index contributed by atoms with van der Waals surface area (Å²) >= 11 is 0. The molecule has 4 aromatic heterocycles. The van der Waals surface area contributed by atoms with Crippen LogP contribution in [0.15, 0.2) is 53.7 Å². The first kappa shape index (κ1) is 12.3. The Hall–Kier alpha value is -3.42. The SMILES string of the molecule is O=C(Nc1cc[nH]n1)c1cn2cc(-c3ncco3)ccc2n1. The first-order chi connectivity index (χ1) is 10.8. The van der Waals surface area contributed by atoms with E-state index in [1.54, 1.807) is 41.3 Å². The summed E-state index contributed by atoms with van der Waals surface area (Å²) in [4.78, 5) is 20.5. The molecule has 0 unspecified atom stereocenters. The number of hydrogen-bond donors (Lipinski definition) is 2. The van der Waals surface area contributed by atoms with E-state index in [2.05, 4.69) is 25.5 Å². The van der Waals surface area contributed by atoms with Gasteiger partial charge in [0.1, 0.15) is 17.6 Å². The molecule has 0 atom stereocenters. The zero-order valence-electron chi connectivity index (χ0n) is 11.2. The van der Waals surface area contributed by atoms with Crippen LogP contribution in [-0.2, 0) is 0 Å². The molecule has 4 rings (SSSR count). The van der Waals surface area contributed by atoms with Gasteiger partial charge in [-0.05, 0) is 12.1 Å². The molecule has 2 N–H and O–H groups in total.